The first-order valence-corrected chi connectivity index (χ1v) is 7.77. The molecule has 3 rings (SSSR count). The second kappa shape index (κ2) is 7.18. The minimum Gasteiger partial charge on any atom is -0.504 e. The van der Waals surface area contributed by atoms with Gasteiger partial charge in [0.25, 0.3) is 0 Å². The van der Waals surface area contributed by atoms with E-state index in [9.17, 15) is 5.11 Å². The van der Waals surface area contributed by atoms with Crippen molar-refractivity contribution in [3.63, 3.8) is 0 Å². The van der Waals surface area contributed by atoms with E-state index < -0.39 is 0 Å². The second-order valence-corrected chi connectivity index (χ2v) is 5.43. The Kier molecular flexibility index (Phi) is 4.80. The number of aromatic amines is 1. The zero-order chi connectivity index (χ0) is 17.8. The van der Waals surface area contributed by atoms with Gasteiger partial charge in [-0.25, -0.2) is 5.10 Å². The summed E-state index contributed by atoms with van der Waals surface area (Å²) in [4.78, 5) is 0. The number of phenolic OH excluding ortho intramolecular Hbond substituents is 1. The fourth-order valence-corrected chi connectivity index (χ4v) is 2.46. The Labute approximate surface area is 149 Å². The molecule has 2 aromatic carbocycles. The summed E-state index contributed by atoms with van der Waals surface area (Å²) in [5, 5.41) is 21.4. The highest BCUT2D eigenvalue weighted by Gasteiger charge is 2.10. The maximum absolute atomic E-state index is 10.1. The van der Waals surface area contributed by atoms with Gasteiger partial charge in [-0.3, -0.25) is 0 Å². The largest absolute Gasteiger partial charge is 0.504 e. The average molecular weight is 356 g/mol. The van der Waals surface area contributed by atoms with Crippen LogP contribution in [0.2, 0.25) is 0 Å². The molecule has 3 aromatic rings. The highest BCUT2D eigenvalue weighted by atomic mass is 32.1. The van der Waals surface area contributed by atoms with Gasteiger partial charge in [-0.05, 0) is 36.5 Å². The van der Waals surface area contributed by atoms with Gasteiger partial charge in [0.05, 0.1) is 20.4 Å². The van der Waals surface area contributed by atoms with Crippen molar-refractivity contribution in [3.05, 3.63) is 52.8 Å². The fourth-order valence-electron chi connectivity index (χ4n) is 2.28. The Bertz CT molecular complexity index is 978. The summed E-state index contributed by atoms with van der Waals surface area (Å²) in [5.41, 5.74) is 1.29. The third kappa shape index (κ3) is 3.38. The van der Waals surface area contributed by atoms with Gasteiger partial charge in [0.1, 0.15) is 5.75 Å². The zero-order valence-corrected chi connectivity index (χ0v) is 14.4. The number of aromatic nitrogens is 3. The quantitative estimate of drug-likeness (QED) is 0.542. The Morgan fingerprint density at radius 3 is 2.76 bits per heavy atom. The van der Waals surface area contributed by atoms with Crippen LogP contribution in [-0.2, 0) is 0 Å². The molecule has 0 aliphatic carbocycles. The monoisotopic (exact) mass is 356 g/mol. The van der Waals surface area contributed by atoms with Crippen LogP contribution in [0.1, 0.15) is 5.56 Å². The van der Waals surface area contributed by atoms with Crippen LogP contribution in [0.4, 0.5) is 0 Å². The van der Waals surface area contributed by atoms with Gasteiger partial charge in [0.15, 0.2) is 17.3 Å². The van der Waals surface area contributed by atoms with E-state index in [-0.39, 0.29) is 5.75 Å². The first kappa shape index (κ1) is 16.7. The smallest absolute Gasteiger partial charge is 0.216 e. The second-order valence-electron chi connectivity index (χ2n) is 5.04. The normalized spacial score (nSPS) is 11.0. The summed E-state index contributed by atoms with van der Waals surface area (Å²) in [6.45, 7) is 0. The Hall–Kier alpha value is -3.13. The molecule has 1 heterocycles. The molecule has 1 aromatic heterocycles. The van der Waals surface area contributed by atoms with E-state index in [0.717, 1.165) is 5.56 Å². The van der Waals surface area contributed by atoms with Gasteiger partial charge in [0, 0.05) is 11.1 Å². The van der Waals surface area contributed by atoms with Gasteiger partial charge < -0.3 is 14.6 Å². The number of nitrogens with zero attached hydrogens (tertiary/aromatic N) is 3. The van der Waals surface area contributed by atoms with E-state index in [1.165, 1.54) is 18.0 Å². The molecule has 128 valence electrons. The molecular formula is C17H16N4O3S. The average Bonchev–Trinajstić information content (AvgIpc) is 3.01. The van der Waals surface area contributed by atoms with E-state index in [0.29, 0.717) is 27.7 Å². The first-order valence-electron chi connectivity index (χ1n) is 7.36. The number of hydrogen-bond donors (Lipinski definition) is 2. The molecule has 0 amide bonds. The van der Waals surface area contributed by atoms with Gasteiger partial charge >= 0.3 is 0 Å². The lowest BCUT2D eigenvalue weighted by Crippen LogP contribution is -1.96. The highest BCUT2D eigenvalue weighted by molar-refractivity contribution is 7.71. The molecule has 25 heavy (non-hydrogen) atoms. The summed E-state index contributed by atoms with van der Waals surface area (Å²) >= 11 is 5.24. The number of rotatable bonds is 5. The van der Waals surface area contributed by atoms with Crippen LogP contribution in [0, 0.1) is 4.77 Å². The lowest BCUT2D eigenvalue weighted by atomic mass is 10.2. The van der Waals surface area contributed by atoms with Crippen molar-refractivity contribution in [2.24, 2.45) is 5.10 Å². The van der Waals surface area contributed by atoms with Crippen LogP contribution in [0.3, 0.4) is 0 Å². The van der Waals surface area contributed by atoms with Crippen LogP contribution in [0.25, 0.3) is 11.4 Å². The van der Waals surface area contributed by atoms with Crippen LogP contribution in [0.5, 0.6) is 17.2 Å². The number of benzene rings is 2. The van der Waals surface area contributed by atoms with Gasteiger partial charge in [-0.1, -0.05) is 18.2 Å². The summed E-state index contributed by atoms with van der Waals surface area (Å²) in [7, 11) is 3.09. The maximum atomic E-state index is 10.1. The SMILES string of the molecule is COc1cccc(-c2n[nH]c(=S)n2/N=C\c2cccc(OC)c2O)c1. The summed E-state index contributed by atoms with van der Waals surface area (Å²) < 4.78 is 12.1. The number of nitrogens with one attached hydrogen (secondary N) is 1. The van der Waals surface area contributed by atoms with Crippen LogP contribution < -0.4 is 9.47 Å². The van der Waals surface area contributed by atoms with Crippen molar-refractivity contribution >= 4 is 18.4 Å². The van der Waals surface area contributed by atoms with Gasteiger partial charge in [-0.15, -0.1) is 0 Å². The van der Waals surface area contributed by atoms with Crippen molar-refractivity contribution in [1.29, 1.82) is 0 Å². The van der Waals surface area contributed by atoms with E-state index >= 15 is 0 Å². The lowest BCUT2D eigenvalue weighted by Gasteiger charge is -2.06. The molecule has 0 aliphatic rings. The molecule has 0 fully saturated rings. The number of phenols is 1. The molecule has 7 nitrogen and oxygen atoms in total. The van der Waals surface area contributed by atoms with Gasteiger partial charge in [-0.2, -0.15) is 14.9 Å². The topological polar surface area (TPSA) is 84.7 Å². The van der Waals surface area contributed by atoms with Crippen LogP contribution in [-0.4, -0.2) is 40.4 Å². The molecule has 0 radical (unpaired) electrons. The molecule has 0 bridgehead atoms. The molecule has 0 unspecified atom stereocenters. The molecule has 0 saturated heterocycles. The first-order chi connectivity index (χ1) is 12.1. The van der Waals surface area contributed by atoms with Crippen molar-refractivity contribution in [1.82, 2.24) is 14.9 Å². The predicted molar refractivity (Wildman–Crippen MR) is 97.1 cm³/mol. The number of H-pyrrole nitrogens is 1. The summed E-state index contributed by atoms with van der Waals surface area (Å²) in [5.74, 6) is 1.61. The fraction of sp³-hybridized carbons (Fsp3) is 0.118. The molecule has 0 aliphatic heterocycles. The zero-order valence-electron chi connectivity index (χ0n) is 13.6. The maximum Gasteiger partial charge on any atom is 0.216 e. The summed E-state index contributed by atoms with van der Waals surface area (Å²) in [6, 6.07) is 12.6. The Morgan fingerprint density at radius 2 is 2.00 bits per heavy atom. The molecular weight excluding hydrogens is 340 g/mol. The third-order valence-electron chi connectivity index (χ3n) is 3.54. The standard InChI is InChI=1S/C17H16N4O3S/c1-23-13-7-3-5-11(9-13)16-19-20-17(25)21(16)18-10-12-6-4-8-14(24-2)15(12)22/h3-10,22H,1-2H3,(H,20,25)/b18-10-. The lowest BCUT2D eigenvalue weighted by molar-refractivity contribution is 0.373. The highest BCUT2D eigenvalue weighted by Crippen LogP contribution is 2.28. The Morgan fingerprint density at radius 1 is 1.20 bits per heavy atom. The van der Waals surface area contributed by atoms with E-state index in [1.54, 1.807) is 25.3 Å². The number of hydrogen-bond acceptors (Lipinski definition) is 6. The number of para-hydroxylation sites is 1. The van der Waals surface area contributed by atoms with Crippen LogP contribution >= 0.6 is 12.2 Å². The Balaban J connectivity index is 2.02. The number of methoxy groups -OCH3 is 2. The minimum atomic E-state index is 0.00620. The molecule has 0 spiro atoms. The predicted octanol–water partition coefficient (Wildman–Crippen LogP) is 3.21. The number of ether oxygens (including phenoxy) is 2. The number of aromatic hydroxyl groups is 1. The van der Waals surface area contributed by atoms with E-state index in [1.807, 2.05) is 24.3 Å². The van der Waals surface area contributed by atoms with E-state index in [2.05, 4.69) is 15.3 Å². The molecule has 8 heteroatoms. The van der Waals surface area contributed by atoms with Crippen molar-refractivity contribution in [2.45, 2.75) is 0 Å². The third-order valence-corrected chi connectivity index (χ3v) is 3.81. The molecule has 0 atom stereocenters. The van der Waals surface area contributed by atoms with E-state index in [4.69, 9.17) is 21.7 Å². The van der Waals surface area contributed by atoms with Crippen LogP contribution in [0.15, 0.2) is 47.6 Å². The molecule has 0 saturated carbocycles. The summed E-state index contributed by atoms with van der Waals surface area (Å²) in [6.07, 6.45) is 1.49. The minimum absolute atomic E-state index is 0.00620. The van der Waals surface area contributed by atoms with Crippen molar-refractivity contribution in [2.75, 3.05) is 14.2 Å². The van der Waals surface area contributed by atoms with Gasteiger partial charge in [0.2, 0.25) is 4.77 Å². The molecule has 2 N–H and O–H groups in total. The van der Waals surface area contributed by atoms with Crippen molar-refractivity contribution < 1.29 is 14.6 Å². The van der Waals surface area contributed by atoms with Crippen molar-refractivity contribution in [3.8, 4) is 28.6 Å².